The quantitative estimate of drug-likeness (QED) is 0.392. The van der Waals surface area contributed by atoms with Crippen LogP contribution in [0.4, 0.5) is 18.3 Å². The van der Waals surface area contributed by atoms with Crippen molar-refractivity contribution < 1.29 is 23.1 Å². The van der Waals surface area contributed by atoms with E-state index in [0.29, 0.717) is 10.6 Å². The number of anilines is 1. The SMILES string of the molecule is N[C@H](C(=O)Nc1nnc(-c2ccc3cnccc3c2)s1)[C@@H](CO)c1ccc(C(F)(F)F)cc1. The molecule has 1 amide bonds. The monoisotopic (exact) mass is 473 g/mol. The number of hydrogen-bond donors (Lipinski definition) is 3. The van der Waals surface area contributed by atoms with Crippen molar-refractivity contribution in [2.75, 3.05) is 11.9 Å². The lowest BCUT2D eigenvalue weighted by Gasteiger charge is -2.21. The molecule has 0 aliphatic rings. The van der Waals surface area contributed by atoms with E-state index in [9.17, 15) is 23.1 Å². The van der Waals surface area contributed by atoms with Gasteiger partial charge in [0, 0.05) is 29.3 Å². The van der Waals surface area contributed by atoms with Crippen molar-refractivity contribution in [1.82, 2.24) is 15.2 Å². The molecule has 0 aliphatic carbocycles. The first-order valence-corrected chi connectivity index (χ1v) is 10.6. The van der Waals surface area contributed by atoms with Gasteiger partial charge in [0.1, 0.15) is 5.01 Å². The number of carbonyl (C=O) groups excluding carboxylic acids is 1. The number of aromatic nitrogens is 3. The first-order chi connectivity index (χ1) is 15.8. The topological polar surface area (TPSA) is 114 Å². The zero-order chi connectivity index (χ0) is 23.6. The average molecular weight is 473 g/mol. The van der Waals surface area contributed by atoms with Crippen LogP contribution >= 0.6 is 11.3 Å². The molecule has 0 radical (unpaired) electrons. The van der Waals surface area contributed by atoms with Gasteiger partial charge in [-0.3, -0.25) is 15.1 Å². The summed E-state index contributed by atoms with van der Waals surface area (Å²) in [5.74, 6) is -1.53. The van der Waals surface area contributed by atoms with E-state index in [4.69, 9.17) is 5.73 Å². The molecule has 0 bridgehead atoms. The van der Waals surface area contributed by atoms with E-state index in [1.807, 2.05) is 24.3 Å². The average Bonchev–Trinajstić information content (AvgIpc) is 3.27. The van der Waals surface area contributed by atoms with Crippen LogP contribution < -0.4 is 11.1 Å². The number of aliphatic hydroxyl groups excluding tert-OH is 1. The maximum absolute atomic E-state index is 12.8. The molecular weight excluding hydrogens is 455 g/mol. The summed E-state index contributed by atoms with van der Waals surface area (Å²) in [6.45, 7) is -0.521. The molecular formula is C22H18F3N5O2S. The summed E-state index contributed by atoms with van der Waals surface area (Å²) in [7, 11) is 0. The molecule has 11 heteroatoms. The number of fused-ring (bicyclic) bond motifs is 1. The maximum Gasteiger partial charge on any atom is 0.416 e. The summed E-state index contributed by atoms with van der Waals surface area (Å²) in [6.07, 6.45) is -1.04. The van der Waals surface area contributed by atoms with Crippen LogP contribution in [0.1, 0.15) is 17.0 Å². The third-order valence-electron chi connectivity index (χ3n) is 5.14. The molecule has 0 unspecified atom stereocenters. The maximum atomic E-state index is 12.8. The normalized spacial score (nSPS) is 13.6. The number of rotatable bonds is 6. The number of halogens is 3. The molecule has 0 fully saturated rings. The number of alkyl halides is 3. The van der Waals surface area contributed by atoms with Crippen LogP contribution in [0.5, 0.6) is 0 Å². The number of nitrogens with one attached hydrogen (secondary N) is 1. The molecule has 170 valence electrons. The second kappa shape index (κ2) is 9.22. The van der Waals surface area contributed by atoms with E-state index in [1.54, 1.807) is 12.4 Å². The van der Waals surface area contributed by atoms with Gasteiger partial charge in [-0.2, -0.15) is 13.2 Å². The molecule has 4 aromatic rings. The molecule has 0 aliphatic heterocycles. The van der Waals surface area contributed by atoms with Crippen LogP contribution in [0, 0.1) is 0 Å². The fourth-order valence-electron chi connectivity index (χ4n) is 3.32. The number of amides is 1. The van der Waals surface area contributed by atoms with Crippen molar-refractivity contribution in [3.05, 3.63) is 72.1 Å². The van der Waals surface area contributed by atoms with Crippen LogP contribution in [0.3, 0.4) is 0 Å². The molecule has 2 atom stereocenters. The van der Waals surface area contributed by atoms with Gasteiger partial charge in [0.25, 0.3) is 0 Å². The first-order valence-electron chi connectivity index (χ1n) is 9.78. The number of nitrogens with zero attached hydrogens (tertiary/aromatic N) is 3. The van der Waals surface area contributed by atoms with Crippen molar-refractivity contribution in [3.8, 4) is 10.6 Å². The van der Waals surface area contributed by atoms with Gasteiger partial charge >= 0.3 is 6.18 Å². The largest absolute Gasteiger partial charge is 0.416 e. The van der Waals surface area contributed by atoms with Crippen molar-refractivity contribution in [1.29, 1.82) is 0 Å². The molecule has 2 heterocycles. The van der Waals surface area contributed by atoms with E-state index < -0.39 is 36.2 Å². The Balaban J connectivity index is 1.47. The molecule has 0 saturated carbocycles. The van der Waals surface area contributed by atoms with Gasteiger partial charge in [-0.15, -0.1) is 10.2 Å². The lowest BCUT2D eigenvalue weighted by atomic mass is 9.91. The Hall–Kier alpha value is -3.41. The summed E-state index contributed by atoms with van der Waals surface area (Å²) in [5, 5.41) is 23.1. The third kappa shape index (κ3) is 5.00. The number of pyridine rings is 1. The third-order valence-corrected chi connectivity index (χ3v) is 6.03. The smallest absolute Gasteiger partial charge is 0.396 e. The highest BCUT2D eigenvalue weighted by Gasteiger charge is 2.31. The number of aliphatic hydroxyl groups is 1. The minimum Gasteiger partial charge on any atom is -0.396 e. The van der Waals surface area contributed by atoms with Gasteiger partial charge in [0.15, 0.2) is 0 Å². The van der Waals surface area contributed by atoms with Crippen molar-refractivity contribution in [2.45, 2.75) is 18.1 Å². The molecule has 0 saturated heterocycles. The van der Waals surface area contributed by atoms with Crippen molar-refractivity contribution >= 4 is 33.1 Å². The summed E-state index contributed by atoms with van der Waals surface area (Å²) in [5.41, 5.74) is 6.32. The van der Waals surface area contributed by atoms with Gasteiger partial charge in [0.05, 0.1) is 18.2 Å². The van der Waals surface area contributed by atoms with Gasteiger partial charge < -0.3 is 10.8 Å². The number of hydrogen-bond acceptors (Lipinski definition) is 7. The summed E-state index contributed by atoms with van der Waals surface area (Å²) < 4.78 is 38.3. The molecule has 0 spiro atoms. The molecule has 2 aromatic heterocycles. The van der Waals surface area contributed by atoms with Gasteiger partial charge in [-0.1, -0.05) is 35.6 Å². The predicted molar refractivity (Wildman–Crippen MR) is 119 cm³/mol. The Labute approximate surface area is 190 Å². The fraction of sp³-hybridized carbons (Fsp3) is 0.182. The molecule has 2 aromatic carbocycles. The number of benzene rings is 2. The van der Waals surface area contributed by atoms with Crippen molar-refractivity contribution in [2.24, 2.45) is 5.73 Å². The zero-order valence-electron chi connectivity index (χ0n) is 17.0. The Morgan fingerprint density at radius 3 is 2.55 bits per heavy atom. The zero-order valence-corrected chi connectivity index (χ0v) is 17.8. The molecule has 4 rings (SSSR count). The van der Waals surface area contributed by atoms with E-state index >= 15 is 0 Å². The molecule has 4 N–H and O–H groups in total. The number of carbonyl (C=O) groups is 1. The summed E-state index contributed by atoms with van der Waals surface area (Å²) in [6, 6.07) is 10.5. The Kier molecular flexibility index (Phi) is 6.36. The van der Waals surface area contributed by atoms with Crippen LogP contribution in [0.2, 0.25) is 0 Å². The van der Waals surface area contributed by atoms with E-state index in [2.05, 4.69) is 20.5 Å². The minimum atomic E-state index is -4.48. The molecule has 33 heavy (non-hydrogen) atoms. The lowest BCUT2D eigenvalue weighted by Crippen LogP contribution is -2.42. The standard InChI is InChI=1S/C22H18F3N5O2S/c23-22(24,25)16-5-3-12(4-6-16)17(11-31)18(26)19(32)28-21-30-29-20(33-21)14-1-2-15-10-27-8-7-13(15)9-14/h1-10,17-18,31H,11,26H2,(H,28,30,32)/t17-,18-/m0/s1. The lowest BCUT2D eigenvalue weighted by molar-refractivity contribution is -0.137. The van der Waals surface area contributed by atoms with Crippen LogP contribution in [0.25, 0.3) is 21.3 Å². The highest BCUT2D eigenvalue weighted by atomic mass is 32.1. The Morgan fingerprint density at radius 1 is 1.09 bits per heavy atom. The van der Waals surface area contributed by atoms with Crippen LogP contribution in [-0.2, 0) is 11.0 Å². The van der Waals surface area contributed by atoms with Crippen LogP contribution in [0.15, 0.2) is 60.9 Å². The van der Waals surface area contributed by atoms with Gasteiger partial charge in [0.2, 0.25) is 11.0 Å². The van der Waals surface area contributed by atoms with E-state index in [-0.39, 0.29) is 5.13 Å². The summed E-state index contributed by atoms with van der Waals surface area (Å²) >= 11 is 1.15. The first kappa shape index (κ1) is 22.8. The molecule has 7 nitrogen and oxygen atoms in total. The highest BCUT2D eigenvalue weighted by Crippen LogP contribution is 2.31. The minimum absolute atomic E-state index is 0.212. The van der Waals surface area contributed by atoms with E-state index in [1.165, 1.54) is 12.1 Å². The highest BCUT2D eigenvalue weighted by molar-refractivity contribution is 7.18. The Morgan fingerprint density at radius 2 is 1.85 bits per heavy atom. The second-order valence-corrected chi connectivity index (χ2v) is 8.25. The van der Waals surface area contributed by atoms with Crippen molar-refractivity contribution in [3.63, 3.8) is 0 Å². The number of nitrogens with two attached hydrogens (primary N) is 1. The Bertz CT molecular complexity index is 1280. The van der Waals surface area contributed by atoms with Gasteiger partial charge in [-0.25, -0.2) is 0 Å². The fourth-order valence-corrected chi connectivity index (χ4v) is 4.07. The predicted octanol–water partition coefficient (Wildman–Crippen LogP) is 3.81. The summed E-state index contributed by atoms with van der Waals surface area (Å²) in [4.78, 5) is 16.7. The second-order valence-electron chi connectivity index (χ2n) is 7.27. The van der Waals surface area contributed by atoms with E-state index in [0.717, 1.165) is 39.8 Å². The van der Waals surface area contributed by atoms with Crippen LogP contribution in [-0.4, -0.2) is 38.8 Å². The van der Waals surface area contributed by atoms with Gasteiger partial charge in [-0.05, 0) is 35.2 Å².